The van der Waals surface area contributed by atoms with Gasteiger partial charge in [-0.2, -0.15) is 13.2 Å². The lowest BCUT2D eigenvalue weighted by molar-refractivity contribution is -0.384. The van der Waals surface area contributed by atoms with E-state index in [9.17, 15) is 23.3 Å². The molecule has 0 fully saturated rings. The quantitative estimate of drug-likeness (QED) is 0.676. The molecule has 2 aromatic rings. The average Bonchev–Trinajstić information content (AvgIpc) is 2.88. The number of rotatable bonds is 5. The van der Waals surface area contributed by atoms with Crippen molar-refractivity contribution in [2.45, 2.75) is 12.6 Å². The number of nitrogens with one attached hydrogen (secondary N) is 1. The molecule has 2 rings (SSSR count). The van der Waals surface area contributed by atoms with E-state index in [1.165, 1.54) is 12.3 Å². The van der Waals surface area contributed by atoms with Crippen LogP contribution >= 0.6 is 11.3 Å². The Morgan fingerprint density at radius 1 is 1.43 bits per heavy atom. The largest absolute Gasteiger partial charge is 0.434 e. The van der Waals surface area contributed by atoms with Crippen LogP contribution in [0, 0.1) is 10.1 Å². The zero-order valence-corrected chi connectivity index (χ0v) is 11.2. The maximum absolute atomic E-state index is 12.4. The van der Waals surface area contributed by atoms with Gasteiger partial charge in [0.05, 0.1) is 9.93 Å². The molecule has 2 aromatic heterocycles. The van der Waals surface area contributed by atoms with Crippen LogP contribution in [0.1, 0.15) is 10.7 Å². The monoisotopic (exact) mass is 318 g/mol. The number of hydrogen-bond donors (Lipinski definition) is 1. The first-order valence-electron chi connectivity index (χ1n) is 5.72. The third-order valence-corrected chi connectivity index (χ3v) is 3.40. The second-order valence-electron chi connectivity index (χ2n) is 3.95. The van der Waals surface area contributed by atoms with Gasteiger partial charge in [-0.3, -0.25) is 15.1 Å². The number of hydrogen-bond acceptors (Lipinski definition) is 6. The highest BCUT2D eigenvalue weighted by Crippen LogP contribution is 2.30. The summed E-state index contributed by atoms with van der Waals surface area (Å²) in [7, 11) is 0. The van der Waals surface area contributed by atoms with Crippen LogP contribution in [0.3, 0.4) is 0 Å². The highest BCUT2D eigenvalue weighted by Gasteiger charge is 2.33. The van der Waals surface area contributed by atoms with Gasteiger partial charge < -0.3 is 5.32 Å². The number of aromatic nitrogens is 2. The Morgan fingerprint density at radius 2 is 2.19 bits per heavy atom. The number of anilines is 1. The average molecular weight is 318 g/mol. The molecule has 0 aromatic carbocycles. The second-order valence-corrected chi connectivity index (χ2v) is 4.89. The summed E-state index contributed by atoms with van der Waals surface area (Å²) in [6.07, 6.45) is -1.72. The number of alkyl halides is 3. The van der Waals surface area contributed by atoms with Crippen molar-refractivity contribution in [1.82, 2.24) is 9.97 Å². The molecule has 0 bridgehead atoms. The van der Waals surface area contributed by atoms with Crippen LogP contribution in [0.4, 0.5) is 24.5 Å². The number of thiazole rings is 1. The standard InChI is InChI=1S/C11H9F3N4O2S/c12-11(13,14)9-6-21-10(17-9)2-4-16-7-1-3-15-5-8(7)18(19)20/h1,3,5-6H,2,4H2,(H,15,16). The van der Waals surface area contributed by atoms with Gasteiger partial charge in [-0.1, -0.05) is 0 Å². The Kier molecular flexibility index (Phi) is 4.36. The molecule has 0 spiro atoms. The molecule has 21 heavy (non-hydrogen) atoms. The summed E-state index contributed by atoms with van der Waals surface area (Å²) in [6, 6.07) is 1.43. The van der Waals surface area contributed by atoms with Gasteiger partial charge in [0.2, 0.25) is 0 Å². The van der Waals surface area contributed by atoms with Gasteiger partial charge in [0, 0.05) is 24.5 Å². The summed E-state index contributed by atoms with van der Waals surface area (Å²) >= 11 is 0.905. The predicted molar refractivity (Wildman–Crippen MR) is 70.2 cm³/mol. The normalized spacial score (nSPS) is 11.4. The van der Waals surface area contributed by atoms with E-state index in [0.29, 0.717) is 5.01 Å². The van der Waals surface area contributed by atoms with Crippen LogP contribution in [0.2, 0.25) is 0 Å². The van der Waals surface area contributed by atoms with Crippen LogP contribution in [0.15, 0.2) is 23.8 Å². The van der Waals surface area contributed by atoms with E-state index in [2.05, 4.69) is 15.3 Å². The fourth-order valence-electron chi connectivity index (χ4n) is 1.54. The molecule has 0 aliphatic carbocycles. The van der Waals surface area contributed by atoms with Crippen LogP contribution in [-0.4, -0.2) is 21.4 Å². The molecule has 0 saturated carbocycles. The van der Waals surface area contributed by atoms with E-state index in [4.69, 9.17) is 0 Å². The Bertz CT molecular complexity index is 644. The number of halogens is 3. The molecule has 0 radical (unpaired) electrons. The van der Waals surface area contributed by atoms with Gasteiger partial charge in [-0.05, 0) is 6.07 Å². The number of pyridine rings is 1. The molecule has 2 heterocycles. The van der Waals surface area contributed by atoms with Gasteiger partial charge in [0.1, 0.15) is 11.9 Å². The molecular weight excluding hydrogens is 309 g/mol. The highest BCUT2D eigenvalue weighted by molar-refractivity contribution is 7.09. The first kappa shape index (κ1) is 15.2. The van der Waals surface area contributed by atoms with Crippen LogP contribution in [-0.2, 0) is 12.6 Å². The number of nitro groups is 1. The van der Waals surface area contributed by atoms with Gasteiger partial charge in [-0.25, -0.2) is 4.98 Å². The van der Waals surface area contributed by atoms with E-state index in [1.54, 1.807) is 0 Å². The lowest BCUT2D eigenvalue weighted by Crippen LogP contribution is -2.08. The molecule has 0 unspecified atom stereocenters. The molecular formula is C11H9F3N4O2S. The molecule has 0 aliphatic rings. The Hall–Kier alpha value is -2.23. The van der Waals surface area contributed by atoms with Crippen molar-refractivity contribution in [2.75, 3.05) is 11.9 Å². The fourth-order valence-corrected chi connectivity index (χ4v) is 2.35. The minimum Gasteiger partial charge on any atom is -0.379 e. The van der Waals surface area contributed by atoms with Crippen LogP contribution in [0.25, 0.3) is 0 Å². The van der Waals surface area contributed by atoms with Crippen molar-refractivity contribution >= 4 is 22.7 Å². The molecule has 0 aliphatic heterocycles. The highest BCUT2D eigenvalue weighted by atomic mass is 32.1. The summed E-state index contributed by atoms with van der Waals surface area (Å²) in [5.41, 5.74) is -0.840. The van der Waals surface area contributed by atoms with E-state index in [1.807, 2.05) is 0 Å². The third kappa shape index (κ3) is 3.88. The predicted octanol–water partition coefficient (Wildman–Crippen LogP) is 3.12. The summed E-state index contributed by atoms with van der Waals surface area (Å²) in [4.78, 5) is 17.3. The molecule has 0 saturated heterocycles. The zero-order valence-electron chi connectivity index (χ0n) is 10.4. The smallest absolute Gasteiger partial charge is 0.379 e. The Morgan fingerprint density at radius 3 is 2.81 bits per heavy atom. The van der Waals surface area contributed by atoms with E-state index in [0.717, 1.165) is 22.9 Å². The van der Waals surface area contributed by atoms with E-state index in [-0.39, 0.29) is 24.3 Å². The minimum absolute atomic E-state index is 0.187. The molecule has 10 heteroatoms. The summed E-state index contributed by atoms with van der Waals surface area (Å²) in [5.74, 6) is 0. The maximum Gasteiger partial charge on any atom is 0.434 e. The van der Waals surface area contributed by atoms with Crippen molar-refractivity contribution in [3.05, 3.63) is 44.7 Å². The topological polar surface area (TPSA) is 81.0 Å². The minimum atomic E-state index is -4.45. The van der Waals surface area contributed by atoms with Crippen LogP contribution in [0.5, 0.6) is 0 Å². The first-order valence-corrected chi connectivity index (χ1v) is 6.60. The zero-order chi connectivity index (χ0) is 15.5. The van der Waals surface area contributed by atoms with Crippen LogP contribution < -0.4 is 5.32 Å². The van der Waals surface area contributed by atoms with Crippen molar-refractivity contribution in [1.29, 1.82) is 0 Å². The molecule has 0 amide bonds. The fraction of sp³-hybridized carbons (Fsp3) is 0.273. The van der Waals surface area contributed by atoms with Gasteiger partial charge in [0.25, 0.3) is 0 Å². The van der Waals surface area contributed by atoms with E-state index < -0.39 is 16.8 Å². The third-order valence-electron chi connectivity index (χ3n) is 2.49. The van der Waals surface area contributed by atoms with Gasteiger partial charge in [0.15, 0.2) is 5.69 Å². The van der Waals surface area contributed by atoms with Crippen molar-refractivity contribution in [3.8, 4) is 0 Å². The number of nitrogens with zero attached hydrogens (tertiary/aromatic N) is 3. The van der Waals surface area contributed by atoms with Crippen molar-refractivity contribution in [2.24, 2.45) is 0 Å². The van der Waals surface area contributed by atoms with E-state index >= 15 is 0 Å². The Labute approximate surface area is 120 Å². The lowest BCUT2D eigenvalue weighted by Gasteiger charge is -2.05. The summed E-state index contributed by atoms with van der Waals surface area (Å²) in [6.45, 7) is 0.232. The maximum atomic E-state index is 12.4. The lowest BCUT2D eigenvalue weighted by atomic mass is 10.3. The first-order chi connectivity index (χ1) is 9.88. The summed E-state index contributed by atoms with van der Waals surface area (Å²) < 4.78 is 37.1. The Balaban J connectivity index is 1.96. The van der Waals surface area contributed by atoms with Gasteiger partial charge >= 0.3 is 11.9 Å². The molecule has 0 atom stereocenters. The molecule has 6 nitrogen and oxygen atoms in total. The molecule has 1 N–H and O–H groups in total. The second kappa shape index (κ2) is 6.04. The van der Waals surface area contributed by atoms with Crippen molar-refractivity contribution < 1.29 is 18.1 Å². The SMILES string of the molecule is O=[N+]([O-])c1cnccc1NCCc1nc(C(F)(F)F)cs1. The van der Waals surface area contributed by atoms with Crippen molar-refractivity contribution in [3.63, 3.8) is 0 Å². The molecule has 112 valence electrons. The van der Waals surface area contributed by atoms with Gasteiger partial charge in [-0.15, -0.1) is 11.3 Å². The summed E-state index contributed by atoms with van der Waals surface area (Å²) in [5, 5.41) is 14.8.